The van der Waals surface area contributed by atoms with Crippen LogP contribution < -0.4 is 10.2 Å². The number of nitrogens with zero attached hydrogens (tertiary/aromatic N) is 2. The van der Waals surface area contributed by atoms with Gasteiger partial charge in [0.15, 0.2) is 0 Å². The Morgan fingerprint density at radius 2 is 1.00 bits per heavy atom. The minimum atomic E-state index is -1.45. The molecule has 1 saturated carbocycles. The van der Waals surface area contributed by atoms with Crippen molar-refractivity contribution >= 4 is 23.9 Å². The van der Waals surface area contributed by atoms with Gasteiger partial charge in [-0.05, 0) is 12.8 Å². The van der Waals surface area contributed by atoms with Crippen molar-refractivity contribution in [3.8, 4) is 0 Å². The van der Waals surface area contributed by atoms with E-state index >= 15 is 0 Å². The van der Waals surface area contributed by atoms with Gasteiger partial charge in [-0.15, -0.1) is 0 Å². The van der Waals surface area contributed by atoms with Crippen molar-refractivity contribution in [3.05, 3.63) is 0 Å². The third-order valence-corrected chi connectivity index (χ3v) is 3.97. The number of hydrogen-bond donors (Lipinski definition) is 2. The zero-order valence-electron chi connectivity index (χ0n) is 14.9. The normalized spacial score (nSPS) is 17.9. The maximum absolute atomic E-state index is 11.0. The first kappa shape index (κ1) is 33.8. The fourth-order valence-electron chi connectivity index (χ4n) is 3.20. The molecule has 28 heavy (non-hydrogen) atoms. The van der Waals surface area contributed by atoms with Gasteiger partial charge < -0.3 is 46.4 Å². The first-order chi connectivity index (χ1) is 11.2. The van der Waals surface area contributed by atoms with Gasteiger partial charge in [0.05, 0.1) is 25.0 Å². The Balaban J connectivity index is -0.000000720. The van der Waals surface area contributed by atoms with Crippen molar-refractivity contribution in [2.24, 2.45) is 0 Å². The van der Waals surface area contributed by atoms with Gasteiger partial charge in [-0.3, -0.25) is 19.4 Å². The van der Waals surface area contributed by atoms with Gasteiger partial charge in [0.25, 0.3) is 0 Å². The largest absolute Gasteiger partial charge is 2.00 e. The number of carbonyl (C=O) groups excluding carboxylic acids is 2. The van der Waals surface area contributed by atoms with E-state index in [1.165, 1.54) is 9.80 Å². The molecule has 0 aliphatic heterocycles. The second-order valence-corrected chi connectivity index (χ2v) is 5.76. The summed E-state index contributed by atoms with van der Waals surface area (Å²) in [7, 11) is 0. The standard InChI is InChI=1S/C14H22N2O8.Cu.3H2O/c17-11(18)5-15(6-12(19)20)9-3-1-2-4-10(9)16(7-13(21)22)8-14(23)24;;;;/h9-10H,1-8H2,(H,17,18)(H,19,20)(H,21,22)(H,23,24);;3*1H2/q;+2;;;/p-2/t9-,10-;;;;/m1..../s1. The molecular formula is C14H26CuN2O11. The van der Waals surface area contributed by atoms with Crippen LogP contribution in [0.15, 0.2) is 0 Å². The number of aliphatic carboxylic acids is 4. The van der Waals surface area contributed by atoms with Gasteiger partial charge >= 0.3 is 29.0 Å². The molecule has 1 rings (SSSR count). The van der Waals surface area contributed by atoms with Crippen LogP contribution in [-0.4, -0.2) is 98.6 Å². The Labute approximate surface area is 171 Å². The average molecular weight is 462 g/mol. The van der Waals surface area contributed by atoms with E-state index in [0.717, 1.165) is 0 Å². The zero-order valence-corrected chi connectivity index (χ0v) is 15.8. The van der Waals surface area contributed by atoms with Gasteiger partial charge in [0, 0.05) is 25.2 Å². The van der Waals surface area contributed by atoms with E-state index < -0.39 is 62.1 Å². The van der Waals surface area contributed by atoms with E-state index in [0.29, 0.717) is 25.7 Å². The number of carboxylic acids is 4. The van der Waals surface area contributed by atoms with Crippen molar-refractivity contribution in [2.45, 2.75) is 37.8 Å². The fourth-order valence-corrected chi connectivity index (χ4v) is 3.20. The Morgan fingerprint density at radius 3 is 1.21 bits per heavy atom. The van der Waals surface area contributed by atoms with Crippen molar-refractivity contribution < 1.29 is 73.1 Å². The van der Waals surface area contributed by atoms with E-state index in [9.17, 15) is 29.4 Å². The van der Waals surface area contributed by atoms with Crippen LogP contribution in [0.25, 0.3) is 0 Å². The molecule has 0 aromatic carbocycles. The molecule has 1 radical (unpaired) electrons. The van der Waals surface area contributed by atoms with E-state index in [2.05, 4.69) is 0 Å². The van der Waals surface area contributed by atoms with Gasteiger partial charge in [-0.1, -0.05) is 12.8 Å². The molecule has 0 aromatic heterocycles. The van der Waals surface area contributed by atoms with Crippen LogP contribution in [0.1, 0.15) is 25.7 Å². The predicted molar refractivity (Wildman–Crippen MR) is 85.3 cm³/mol. The summed E-state index contributed by atoms with van der Waals surface area (Å²) < 4.78 is 0. The molecule has 169 valence electrons. The number of carboxylic acid groups (broad SMARTS) is 4. The van der Waals surface area contributed by atoms with Crippen LogP contribution in [-0.2, 0) is 36.2 Å². The van der Waals surface area contributed by atoms with Crippen LogP contribution in [0.3, 0.4) is 0 Å². The van der Waals surface area contributed by atoms with E-state index in [4.69, 9.17) is 10.2 Å². The quantitative estimate of drug-likeness (QED) is 0.291. The maximum atomic E-state index is 11.0. The van der Waals surface area contributed by atoms with Crippen molar-refractivity contribution in [1.82, 2.24) is 9.80 Å². The minimum absolute atomic E-state index is 0. The van der Waals surface area contributed by atoms with Gasteiger partial charge in [0.2, 0.25) is 0 Å². The molecule has 2 atom stereocenters. The Morgan fingerprint density at radius 1 is 0.714 bits per heavy atom. The fraction of sp³-hybridized carbons (Fsp3) is 0.714. The molecule has 1 aliphatic rings. The second-order valence-electron chi connectivity index (χ2n) is 5.76. The zero-order chi connectivity index (χ0) is 18.3. The van der Waals surface area contributed by atoms with Gasteiger partial charge in [0.1, 0.15) is 0 Å². The van der Waals surface area contributed by atoms with Crippen LogP contribution in [0, 0.1) is 0 Å². The second kappa shape index (κ2) is 16.2. The van der Waals surface area contributed by atoms with Crippen molar-refractivity contribution in [1.29, 1.82) is 0 Å². The summed E-state index contributed by atoms with van der Waals surface area (Å²) in [4.78, 5) is 46.2. The summed E-state index contributed by atoms with van der Waals surface area (Å²) in [6.45, 7) is -2.36. The third-order valence-electron chi connectivity index (χ3n) is 3.97. The molecule has 8 N–H and O–H groups in total. The van der Waals surface area contributed by atoms with Gasteiger partial charge in [-0.2, -0.15) is 0 Å². The minimum Gasteiger partial charge on any atom is -0.549 e. The predicted octanol–water partition coefficient (Wildman–Crippen LogP) is -5.91. The first-order valence-electron chi connectivity index (χ1n) is 7.52. The summed E-state index contributed by atoms with van der Waals surface area (Å²) in [5, 5.41) is 39.8. The molecule has 0 bridgehead atoms. The molecule has 14 heteroatoms. The number of hydrogen-bond acceptors (Lipinski definition) is 8. The van der Waals surface area contributed by atoms with Crippen LogP contribution in [0.2, 0.25) is 0 Å². The molecule has 0 aromatic rings. The van der Waals surface area contributed by atoms with Crippen LogP contribution in [0.5, 0.6) is 0 Å². The maximum Gasteiger partial charge on any atom is 2.00 e. The molecule has 0 heterocycles. The summed E-state index contributed by atoms with van der Waals surface area (Å²) in [5.74, 6) is -5.37. The topological polar surface area (TPSA) is 256 Å². The molecule has 13 nitrogen and oxygen atoms in total. The molecule has 0 amide bonds. The molecular weight excluding hydrogens is 436 g/mol. The van der Waals surface area contributed by atoms with E-state index in [1.807, 2.05) is 0 Å². The Bertz CT molecular complexity index is 430. The van der Waals surface area contributed by atoms with Crippen LogP contribution >= 0.6 is 0 Å². The SMILES string of the molecule is O.O.O.O=C([O-])CN(CC(=O)O)[C@@H]1CCCC[C@H]1N(CC(=O)[O-])CC(=O)O.[Cu+2]. The van der Waals surface area contributed by atoms with Crippen LogP contribution in [0.4, 0.5) is 0 Å². The van der Waals surface area contributed by atoms with Crippen molar-refractivity contribution in [2.75, 3.05) is 26.2 Å². The molecule has 0 spiro atoms. The Kier molecular flexibility index (Phi) is 19.5. The number of carbonyl (C=O) groups is 4. The smallest absolute Gasteiger partial charge is 0.549 e. The third kappa shape index (κ3) is 11.8. The summed E-state index contributed by atoms with van der Waals surface area (Å²) in [5.41, 5.74) is 0. The van der Waals surface area contributed by atoms with E-state index in [1.54, 1.807) is 0 Å². The van der Waals surface area contributed by atoms with E-state index in [-0.39, 0.29) is 33.5 Å². The molecule has 0 saturated heterocycles. The van der Waals surface area contributed by atoms with Crippen molar-refractivity contribution in [3.63, 3.8) is 0 Å². The summed E-state index contributed by atoms with van der Waals surface area (Å²) in [6.07, 6.45) is 2.29. The number of rotatable bonds is 10. The first-order valence-corrected chi connectivity index (χ1v) is 7.52. The molecule has 1 aliphatic carbocycles. The Hall–Kier alpha value is -1.80. The summed E-state index contributed by atoms with van der Waals surface area (Å²) in [6, 6.07) is -1.18. The molecule has 1 fully saturated rings. The monoisotopic (exact) mass is 461 g/mol. The van der Waals surface area contributed by atoms with Gasteiger partial charge in [-0.25, -0.2) is 0 Å². The average Bonchev–Trinajstić information content (AvgIpc) is 2.44. The molecule has 0 unspecified atom stereocenters. The summed E-state index contributed by atoms with van der Waals surface area (Å²) >= 11 is 0.